The topological polar surface area (TPSA) is 94.3 Å². The Kier molecular flexibility index (Phi) is 4.90. The lowest BCUT2D eigenvalue weighted by Crippen LogP contribution is -2.34. The molecule has 0 bridgehead atoms. The Morgan fingerprint density at radius 2 is 1.96 bits per heavy atom. The molecular formula is C17H14FN3O3S. The van der Waals surface area contributed by atoms with E-state index >= 15 is 0 Å². The van der Waals surface area contributed by atoms with Gasteiger partial charge < -0.3 is 15.8 Å². The summed E-state index contributed by atoms with van der Waals surface area (Å²) in [4.78, 5) is 26.5. The first-order chi connectivity index (χ1) is 12.0. The fraction of sp³-hybridized carbons (Fsp3) is 0.118. The van der Waals surface area contributed by atoms with Crippen molar-refractivity contribution in [3.8, 4) is 10.9 Å². The van der Waals surface area contributed by atoms with Crippen molar-refractivity contribution in [1.29, 1.82) is 0 Å². The Morgan fingerprint density at radius 3 is 2.68 bits per heavy atom. The number of carbonyl (C=O) groups excluding carboxylic acids is 2. The van der Waals surface area contributed by atoms with Crippen LogP contribution in [0.15, 0.2) is 42.5 Å². The number of ether oxygens (including phenoxy) is 1. The first-order valence-corrected chi connectivity index (χ1v) is 8.19. The lowest BCUT2D eigenvalue weighted by molar-refractivity contribution is -0.124. The van der Waals surface area contributed by atoms with E-state index in [1.54, 1.807) is 30.3 Å². The van der Waals surface area contributed by atoms with Gasteiger partial charge in [-0.25, -0.2) is 9.37 Å². The molecule has 0 saturated carbocycles. The molecule has 8 heteroatoms. The van der Waals surface area contributed by atoms with E-state index < -0.39 is 5.91 Å². The largest absolute Gasteiger partial charge is 0.431 e. The van der Waals surface area contributed by atoms with E-state index in [0.717, 1.165) is 5.56 Å². The number of thiazole rings is 1. The standard InChI is InChI=1S/C17H14FN3O3S/c18-11-3-6-13-14(8-11)25-17(21-13)24-12-4-1-10(2-5-12)7-16(23)20-9-15(19)22/h1-6,8H,7,9H2,(H2,19,22)(H,20,23). The minimum absolute atomic E-state index is 0.133. The molecule has 1 heterocycles. The van der Waals surface area contributed by atoms with E-state index in [1.807, 2.05) is 0 Å². The Morgan fingerprint density at radius 1 is 1.20 bits per heavy atom. The molecule has 3 N–H and O–H groups in total. The minimum Gasteiger partial charge on any atom is -0.431 e. The van der Waals surface area contributed by atoms with Gasteiger partial charge >= 0.3 is 0 Å². The molecule has 3 rings (SSSR count). The zero-order valence-electron chi connectivity index (χ0n) is 13.0. The summed E-state index contributed by atoms with van der Waals surface area (Å²) in [6, 6.07) is 11.3. The summed E-state index contributed by atoms with van der Waals surface area (Å²) in [6.07, 6.45) is 0.133. The summed E-state index contributed by atoms with van der Waals surface area (Å²) in [5.74, 6) is -0.643. The lowest BCUT2D eigenvalue weighted by atomic mass is 10.1. The van der Waals surface area contributed by atoms with Crippen molar-refractivity contribution in [1.82, 2.24) is 10.3 Å². The zero-order valence-corrected chi connectivity index (χ0v) is 13.8. The first kappa shape index (κ1) is 16.8. The van der Waals surface area contributed by atoms with E-state index in [1.165, 1.54) is 23.5 Å². The summed E-state index contributed by atoms with van der Waals surface area (Å²) >= 11 is 1.25. The number of nitrogens with two attached hydrogens (primary N) is 1. The SMILES string of the molecule is NC(=O)CNC(=O)Cc1ccc(Oc2nc3ccc(F)cc3s2)cc1. The van der Waals surface area contributed by atoms with Gasteiger partial charge in [-0.2, -0.15) is 0 Å². The molecular weight excluding hydrogens is 345 g/mol. The van der Waals surface area contributed by atoms with Gasteiger partial charge in [-0.3, -0.25) is 9.59 Å². The van der Waals surface area contributed by atoms with Gasteiger partial charge in [-0.05, 0) is 35.9 Å². The van der Waals surface area contributed by atoms with Crippen LogP contribution in [0.2, 0.25) is 0 Å². The molecule has 0 atom stereocenters. The predicted molar refractivity (Wildman–Crippen MR) is 92.0 cm³/mol. The van der Waals surface area contributed by atoms with Gasteiger partial charge in [0.1, 0.15) is 11.6 Å². The summed E-state index contributed by atoms with van der Waals surface area (Å²) in [7, 11) is 0. The van der Waals surface area contributed by atoms with Crippen molar-refractivity contribution >= 4 is 33.4 Å². The van der Waals surface area contributed by atoms with Crippen molar-refractivity contribution in [2.75, 3.05) is 6.54 Å². The van der Waals surface area contributed by atoms with Gasteiger partial charge in [0.05, 0.1) is 23.2 Å². The van der Waals surface area contributed by atoms with Crippen molar-refractivity contribution in [3.63, 3.8) is 0 Å². The molecule has 128 valence electrons. The molecule has 0 unspecified atom stereocenters. The summed E-state index contributed by atoms with van der Waals surface area (Å²) < 4.78 is 19.6. The van der Waals surface area contributed by atoms with Crippen LogP contribution in [-0.4, -0.2) is 23.3 Å². The number of hydrogen-bond acceptors (Lipinski definition) is 5. The zero-order chi connectivity index (χ0) is 17.8. The fourth-order valence-electron chi connectivity index (χ4n) is 2.13. The molecule has 2 aromatic carbocycles. The quantitative estimate of drug-likeness (QED) is 0.706. The molecule has 0 fully saturated rings. The molecule has 25 heavy (non-hydrogen) atoms. The second-order valence-electron chi connectivity index (χ2n) is 5.26. The van der Waals surface area contributed by atoms with Crippen LogP contribution >= 0.6 is 11.3 Å². The maximum atomic E-state index is 13.2. The van der Waals surface area contributed by atoms with Gasteiger partial charge in [-0.1, -0.05) is 23.5 Å². The third kappa shape index (κ3) is 4.51. The molecule has 0 aliphatic carbocycles. The fourth-order valence-corrected chi connectivity index (χ4v) is 2.99. The maximum Gasteiger partial charge on any atom is 0.279 e. The molecule has 0 aliphatic heterocycles. The Labute approximate surface area is 146 Å². The van der Waals surface area contributed by atoms with Crippen LogP contribution in [0, 0.1) is 5.82 Å². The number of carbonyl (C=O) groups is 2. The maximum absolute atomic E-state index is 13.2. The van der Waals surface area contributed by atoms with Crippen LogP contribution in [0.25, 0.3) is 10.2 Å². The highest BCUT2D eigenvalue weighted by Gasteiger charge is 2.08. The van der Waals surface area contributed by atoms with E-state index in [2.05, 4.69) is 10.3 Å². The lowest BCUT2D eigenvalue weighted by Gasteiger charge is -2.05. The van der Waals surface area contributed by atoms with Gasteiger partial charge in [0.15, 0.2) is 0 Å². The highest BCUT2D eigenvalue weighted by atomic mass is 32.1. The minimum atomic E-state index is -0.590. The average molecular weight is 359 g/mol. The van der Waals surface area contributed by atoms with Gasteiger partial charge in [0, 0.05) is 0 Å². The normalized spacial score (nSPS) is 10.6. The second-order valence-corrected chi connectivity index (χ2v) is 6.25. The first-order valence-electron chi connectivity index (χ1n) is 7.37. The molecule has 6 nitrogen and oxygen atoms in total. The van der Waals surface area contributed by atoms with Gasteiger partial charge in [0.25, 0.3) is 5.19 Å². The Bertz CT molecular complexity index is 925. The molecule has 3 aromatic rings. The van der Waals surface area contributed by atoms with Crippen LogP contribution < -0.4 is 15.8 Å². The summed E-state index contributed by atoms with van der Waals surface area (Å²) in [5.41, 5.74) is 6.40. The van der Waals surface area contributed by atoms with Crippen molar-refractivity contribution in [2.24, 2.45) is 5.73 Å². The molecule has 0 radical (unpaired) electrons. The number of hydrogen-bond donors (Lipinski definition) is 2. The van der Waals surface area contributed by atoms with Crippen LogP contribution in [0.3, 0.4) is 0 Å². The van der Waals surface area contributed by atoms with Crippen molar-refractivity contribution in [2.45, 2.75) is 6.42 Å². The Balaban J connectivity index is 1.63. The molecule has 0 saturated heterocycles. The van der Waals surface area contributed by atoms with Gasteiger partial charge in [0.2, 0.25) is 11.8 Å². The smallest absolute Gasteiger partial charge is 0.279 e. The number of benzene rings is 2. The van der Waals surface area contributed by atoms with E-state index in [9.17, 15) is 14.0 Å². The summed E-state index contributed by atoms with van der Waals surface area (Å²) in [5, 5.41) is 2.83. The highest BCUT2D eigenvalue weighted by Crippen LogP contribution is 2.31. The van der Waals surface area contributed by atoms with Crippen LogP contribution in [0.5, 0.6) is 10.9 Å². The number of fused-ring (bicyclic) bond motifs is 1. The van der Waals surface area contributed by atoms with E-state index in [-0.39, 0.29) is 24.7 Å². The summed E-state index contributed by atoms with van der Waals surface area (Å²) in [6.45, 7) is -0.182. The Hall–Kier alpha value is -3.00. The average Bonchev–Trinajstić information content (AvgIpc) is 2.96. The van der Waals surface area contributed by atoms with Crippen LogP contribution in [-0.2, 0) is 16.0 Å². The molecule has 0 spiro atoms. The number of halogens is 1. The number of primary amides is 1. The third-order valence-corrected chi connectivity index (χ3v) is 4.18. The second kappa shape index (κ2) is 7.27. The molecule has 2 amide bonds. The number of aromatic nitrogens is 1. The number of amides is 2. The number of rotatable bonds is 6. The molecule has 0 aliphatic rings. The third-order valence-electron chi connectivity index (χ3n) is 3.28. The van der Waals surface area contributed by atoms with E-state index in [0.29, 0.717) is 21.2 Å². The number of nitrogens with zero attached hydrogens (tertiary/aromatic N) is 1. The number of nitrogens with one attached hydrogen (secondary N) is 1. The van der Waals surface area contributed by atoms with Crippen LogP contribution in [0.1, 0.15) is 5.56 Å². The van der Waals surface area contributed by atoms with Crippen molar-refractivity contribution < 1.29 is 18.7 Å². The predicted octanol–water partition coefficient (Wildman–Crippen LogP) is 2.37. The van der Waals surface area contributed by atoms with Crippen LogP contribution in [0.4, 0.5) is 4.39 Å². The van der Waals surface area contributed by atoms with Gasteiger partial charge in [-0.15, -0.1) is 0 Å². The highest BCUT2D eigenvalue weighted by molar-refractivity contribution is 7.20. The van der Waals surface area contributed by atoms with Crippen molar-refractivity contribution in [3.05, 3.63) is 53.8 Å². The monoisotopic (exact) mass is 359 g/mol. The molecule has 1 aromatic heterocycles. The van der Waals surface area contributed by atoms with E-state index in [4.69, 9.17) is 10.5 Å².